The lowest BCUT2D eigenvalue weighted by Gasteiger charge is -2.38. The normalized spacial score (nSPS) is 18.9. The highest BCUT2D eigenvalue weighted by molar-refractivity contribution is 5.96. The fourth-order valence-corrected chi connectivity index (χ4v) is 3.01. The number of carbonyl (C=O) groups is 1. The molecule has 0 spiro atoms. The Labute approximate surface area is 106 Å². The number of alkyl halides is 2. The summed E-state index contributed by atoms with van der Waals surface area (Å²) < 4.78 is 27.2. The largest absolute Gasteiger partial charge is 0.295 e. The minimum absolute atomic E-state index is 0.129. The Bertz CT molecular complexity index is 434. The Morgan fingerprint density at radius 2 is 1.78 bits per heavy atom. The molecule has 1 aromatic carbocycles. The zero-order valence-electron chi connectivity index (χ0n) is 10.6. The average Bonchev–Trinajstić information content (AvgIpc) is 2.39. The van der Waals surface area contributed by atoms with Gasteiger partial charge in [-0.3, -0.25) is 4.79 Å². The third kappa shape index (κ3) is 2.18. The van der Waals surface area contributed by atoms with E-state index < -0.39 is 11.8 Å². The van der Waals surface area contributed by atoms with Gasteiger partial charge in [0.25, 0.3) is 0 Å². The van der Waals surface area contributed by atoms with Crippen molar-refractivity contribution in [3.05, 3.63) is 35.4 Å². The number of halogens is 2. The van der Waals surface area contributed by atoms with Crippen LogP contribution in [0.4, 0.5) is 8.78 Å². The molecule has 0 radical (unpaired) electrons. The summed E-state index contributed by atoms with van der Waals surface area (Å²) in [4.78, 5) is 11.6. The van der Waals surface area contributed by atoms with Gasteiger partial charge in [-0.15, -0.1) is 0 Å². The van der Waals surface area contributed by atoms with Crippen LogP contribution in [0.1, 0.15) is 54.9 Å². The van der Waals surface area contributed by atoms with Crippen LogP contribution < -0.4 is 0 Å². The van der Waals surface area contributed by atoms with Gasteiger partial charge in [-0.05, 0) is 25.3 Å². The van der Waals surface area contributed by atoms with Crippen LogP contribution in [0.5, 0.6) is 0 Å². The van der Waals surface area contributed by atoms with Crippen molar-refractivity contribution in [1.82, 2.24) is 0 Å². The molecule has 98 valence electrons. The van der Waals surface area contributed by atoms with Crippen LogP contribution in [0.25, 0.3) is 0 Å². The SMILES string of the molecule is CC(=O)c1ccccc1C1(C(F)F)CCCCC1. The summed E-state index contributed by atoms with van der Waals surface area (Å²) in [7, 11) is 0. The molecule has 3 heteroatoms. The van der Waals surface area contributed by atoms with Gasteiger partial charge in [-0.2, -0.15) is 0 Å². The maximum absolute atomic E-state index is 13.6. The Hall–Kier alpha value is -1.25. The van der Waals surface area contributed by atoms with Crippen molar-refractivity contribution in [2.24, 2.45) is 0 Å². The third-order valence-electron chi connectivity index (χ3n) is 4.01. The number of benzene rings is 1. The van der Waals surface area contributed by atoms with Crippen molar-refractivity contribution >= 4 is 5.78 Å². The summed E-state index contributed by atoms with van der Waals surface area (Å²) in [6, 6.07) is 6.85. The highest BCUT2D eigenvalue weighted by atomic mass is 19.3. The molecule has 18 heavy (non-hydrogen) atoms. The molecule has 1 aliphatic carbocycles. The molecule has 0 aliphatic heterocycles. The number of Topliss-reactive ketones (excluding diaryl/α,β-unsaturated/α-hetero) is 1. The smallest absolute Gasteiger partial charge is 0.248 e. The Morgan fingerprint density at radius 3 is 2.33 bits per heavy atom. The fourth-order valence-electron chi connectivity index (χ4n) is 3.01. The van der Waals surface area contributed by atoms with Crippen LogP contribution in [0.15, 0.2) is 24.3 Å². The monoisotopic (exact) mass is 252 g/mol. The van der Waals surface area contributed by atoms with E-state index in [1.807, 2.05) is 0 Å². The summed E-state index contributed by atoms with van der Waals surface area (Å²) in [5.41, 5.74) is -0.104. The van der Waals surface area contributed by atoms with Gasteiger partial charge < -0.3 is 0 Å². The zero-order valence-corrected chi connectivity index (χ0v) is 10.6. The highest BCUT2D eigenvalue weighted by Crippen LogP contribution is 2.45. The first-order valence-electron chi connectivity index (χ1n) is 6.46. The van der Waals surface area contributed by atoms with Gasteiger partial charge in [0.1, 0.15) is 0 Å². The standard InChI is InChI=1S/C15H18F2O/c1-11(18)12-7-3-4-8-13(12)15(14(16)17)9-5-2-6-10-15/h3-4,7-8,14H,2,5-6,9-10H2,1H3. The van der Waals surface area contributed by atoms with Crippen LogP contribution in [0, 0.1) is 0 Å². The first kappa shape index (κ1) is 13.2. The molecular weight excluding hydrogens is 234 g/mol. The predicted molar refractivity (Wildman–Crippen MR) is 67.2 cm³/mol. The van der Waals surface area contributed by atoms with E-state index >= 15 is 0 Å². The molecule has 1 nitrogen and oxygen atoms in total. The molecule has 0 amide bonds. The minimum atomic E-state index is -2.40. The fraction of sp³-hybridized carbons (Fsp3) is 0.533. The zero-order chi connectivity index (χ0) is 13.2. The average molecular weight is 252 g/mol. The van der Waals surface area contributed by atoms with Crippen molar-refractivity contribution in [2.45, 2.75) is 50.9 Å². The first-order valence-corrected chi connectivity index (χ1v) is 6.46. The Balaban J connectivity index is 2.52. The van der Waals surface area contributed by atoms with E-state index in [0.717, 1.165) is 19.3 Å². The highest BCUT2D eigenvalue weighted by Gasteiger charge is 2.43. The summed E-state index contributed by atoms with van der Waals surface area (Å²) in [5, 5.41) is 0. The summed E-state index contributed by atoms with van der Waals surface area (Å²) in [6.07, 6.45) is 1.20. The van der Waals surface area contributed by atoms with Gasteiger partial charge >= 0.3 is 0 Å². The second-order valence-electron chi connectivity index (χ2n) is 5.12. The molecule has 0 N–H and O–H groups in total. The lowest BCUT2D eigenvalue weighted by atomic mass is 9.68. The van der Waals surface area contributed by atoms with E-state index in [0.29, 0.717) is 24.0 Å². The van der Waals surface area contributed by atoms with E-state index in [1.165, 1.54) is 6.92 Å². The molecule has 0 aromatic heterocycles. The third-order valence-corrected chi connectivity index (χ3v) is 4.01. The number of carbonyl (C=O) groups excluding carboxylic acids is 1. The maximum atomic E-state index is 13.6. The molecule has 1 fully saturated rings. The summed E-state index contributed by atoms with van der Waals surface area (Å²) in [5.74, 6) is -0.129. The lowest BCUT2D eigenvalue weighted by Crippen LogP contribution is -2.38. The van der Waals surface area contributed by atoms with E-state index in [-0.39, 0.29) is 5.78 Å². The molecule has 1 aromatic rings. The predicted octanol–water partition coefficient (Wildman–Crippen LogP) is 4.36. The summed E-state index contributed by atoms with van der Waals surface area (Å²) in [6.45, 7) is 1.45. The molecule has 0 saturated heterocycles. The van der Waals surface area contributed by atoms with E-state index in [1.54, 1.807) is 24.3 Å². The quantitative estimate of drug-likeness (QED) is 0.731. The Morgan fingerprint density at radius 1 is 1.17 bits per heavy atom. The van der Waals surface area contributed by atoms with Crippen molar-refractivity contribution in [3.63, 3.8) is 0 Å². The molecule has 1 aliphatic rings. The van der Waals surface area contributed by atoms with Crippen LogP contribution in [-0.2, 0) is 5.41 Å². The number of rotatable bonds is 3. The number of hydrogen-bond donors (Lipinski definition) is 0. The van der Waals surface area contributed by atoms with Crippen molar-refractivity contribution < 1.29 is 13.6 Å². The van der Waals surface area contributed by atoms with Crippen molar-refractivity contribution in [1.29, 1.82) is 0 Å². The topological polar surface area (TPSA) is 17.1 Å². The van der Waals surface area contributed by atoms with Gasteiger partial charge in [0.2, 0.25) is 6.43 Å². The van der Waals surface area contributed by atoms with E-state index in [9.17, 15) is 13.6 Å². The lowest BCUT2D eigenvalue weighted by molar-refractivity contribution is 0.0250. The van der Waals surface area contributed by atoms with Crippen LogP contribution >= 0.6 is 0 Å². The van der Waals surface area contributed by atoms with Gasteiger partial charge in [-0.25, -0.2) is 8.78 Å². The van der Waals surface area contributed by atoms with Crippen molar-refractivity contribution in [3.8, 4) is 0 Å². The van der Waals surface area contributed by atoms with Gasteiger partial charge in [0.05, 0.1) is 5.41 Å². The molecule has 0 bridgehead atoms. The second-order valence-corrected chi connectivity index (χ2v) is 5.12. The van der Waals surface area contributed by atoms with E-state index in [4.69, 9.17) is 0 Å². The van der Waals surface area contributed by atoms with E-state index in [2.05, 4.69) is 0 Å². The molecule has 0 atom stereocenters. The molecule has 1 saturated carbocycles. The molecular formula is C15H18F2O. The Kier molecular flexibility index (Phi) is 3.79. The minimum Gasteiger partial charge on any atom is -0.295 e. The van der Waals surface area contributed by atoms with Gasteiger partial charge in [-0.1, -0.05) is 43.5 Å². The first-order chi connectivity index (χ1) is 8.58. The maximum Gasteiger partial charge on any atom is 0.248 e. The van der Waals surface area contributed by atoms with Gasteiger partial charge in [0.15, 0.2) is 5.78 Å². The van der Waals surface area contributed by atoms with Crippen LogP contribution in [0.3, 0.4) is 0 Å². The van der Waals surface area contributed by atoms with Crippen LogP contribution in [-0.4, -0.2) is 12.2 Å². The number of ketones is 1. The number of hydrogen-bond acceptors (Lipinski definition) is 1. The van der Waals surface area contributed by atoms with Gasteiger partial charge in [0, 0.05) is 5.56 Å². The second kappa shape index (κ2) is 5.17. The van der Waals surface area contributed by atoms with Crippen LogP contribution in [0.2, 0.25) is 0 Å². The van der Waals surface area contributed by atoms with Crippen molar-refractivity contribution in [2.75, 3.05) is 0 Å². The molecule has 2 rings (SSSR count). The summed E-state index contributed by atoms with van der Waals surface area (Å²) >= 11 is 0. The molecule has 0 heterocycles. The molecule has 0 unspecified atom stereocenters.